The molecule has 0 radical (unpaired) electrons. The summed E-state index contributed by atoms with van der Waals surface area (Å²) in [5.41, 5.74) is 17.7. The number of hydrogen-bond donors (Lipinski definition) is 1. The predicted molar refractivity (Wildman–Crippen MR) is 190 cm³/mol. The Bertz CT molecular complexity index is 2170. The van der Waals surface area contributed by atoms with E-state index < -0.39 is 0 Å². The molecule has 6 aromatic rings. The molecule has 2 aliphatic heterocycles. The summed E-state index contributed by atoms with van der Waals surface area (Å²) in [7, 11) is 0. The van der Waals surface area contributed by atoms with Crippen LogP contribution in [0.4, 0.5) is 22.7 Å². The molecule has 0 bridgehead atoms. The van der Waals surface area contributed by atoms with Crippen molar-refractivity contribution in [2.45, 2.75) is 13.0 Å². The first-order chi connectivity index (χ1) is 22.2. The van der Waals surface area contributed by atoms with E-state index in [1.54, 1.807) is 0 Å². The lowest BCUT2D eigenvalue weighted by Crippen LogP contribution is -2.33. The zero-order valence-electron chi connectivity index (χ0n) is 25.1. The minimum Gasteiger partial charge on any atom is -0.355 e. The number of nitrogens with zero attached hydrogens (tertiary/aromatic N) is 1. The third-order valence-corrected chi connectivity index (χ3v) is 9.59. The van der Waals surface area contributed by atoms with Crippen molar-refractivity contribution in [3.05, 3.63) is 169 Å². The fourth-order valence-electron chi connectivity index (χ4n) is 7.66. The molecule has 2 nitrogen and oxygen atoms in total. The van der Waals surface area contributed by atoms with Crippen molar-refractivity contribution >= 4 is 33.9 Å². The van der Waals surface area contributed by atoms with Gasteiger partial charge in [0.15, 0.2) is 0 Å². The largest absolute Gasteiger partial charge is 0.355 e. The van der Waals surface area contributed by atoms with Gasteiger partial charge in [0.1, 0.15) is 0 Å². The van der Waals surface area contributed by atoms with Gasteiger partial charge in [-0.25, -0.2) is 0 Å². The van der Waals surface area contributed by atoms with Crippen LogP contribution in [0, 0.1) is 5.92 Å². The molecule has 0 fully saturated rings. The molecular weight excluding hydrogens is 544 g/mol. The third-order valence-electron chi connectivity index (χ3n) is 9.59. The molecule has 0 amide bonds. The number of fused-ring (bicyclic) bond motifs is 8. The first-order valence-corrected chi connectivity index (χ1v) is 15.8. The van der Waals surface area contributed by atoms with Crippen molar-refractivity contribution in [2.75, 3.05) is 10.2 Å². The number of allylic oxidation sites excluding steroid dienone is 2. The van der Waals surface area contributed by atoms with E-state index in [1.807, 2.05) is 6.07 Å². The predicted octanol–water partition coefficient (Wildman–Crippen LogP) is 11.4. The van der Waals surface area contributed by atoms with Crippen LogP contribution in [0.5, 0.6) is 0 Å². The highest BCUT2D eigenvalue weighted by Gasteiger charge is 2.43. The smallest absolute Gasteiger partial charge is 0.0659 e. The lowest BCUT2D eigenvalue weighted by Gasteiger charge is -2.34. The van der Waals surface area contributed by atoms with Crippen LogP contribution in [0.15, 0.2) is 158 Å². The molecular formula is C43H32N2. The molecule has 6 aromatic carbocycles. The Hall–Kier alpha value is -5.60. The lowest BCUT2D eigenvalue weighted by molar-refractivity contribution is 0.639. The second kappa shape index (κ2) is 10.2. The Balaban J connectivity index is 1.16. The average molecular weight is 577 g/mol. The quantitative estimate of drug-likeness (QED) is 0.225. The van der Waals surface area contributed by atoms with Crippen LogP contribution >= 0.6 is 0 Å². The van der Waals surface area contributed by atoms with Crippen LogP contribution in [0.3, 0.4) is 0 Å². The molecule has 0 saturated carbocycles. The molecule has 0 aromatic heterocycles. The molecule has 2 heteroatoms. The molecule has 9 rings (SSSR count). The van der Waals surface area contributed by atoms with Crippen LogP contribution < -0.4 is 10.2 Å². The highest BCUT2D eigenvalue weighted by molar-refractivity contribution is 6.09. The third kappa shape index (κ3) is 4.10. The van der Waals surface area contributed by atoms with Gasteiger partial charge in [0.05, 0.1) is 11.7 Å². The van der Waals surface area contributed by atoms with Gasteiger partial charge in [0, 0.05) is 39.3 Å². The average Bonchev–Trinajstić information content (AvgIpc) is 3.38. The maximum atomic E-state index is 3.63. The molecule has 2 atom stereocenters. The number of rotatable bonds is 4. The molecule has 1 aliphatic carbocycles. The molecule has 45 heavy (non-hydrogen) atoms. The Morgan fingerprint density at radius 3 is 2.00 bits per heavy atom. The van der Waals surface area contributed by atoms with Gasteiger partial charge in [-0.15, -0.1) is 0 Å². The first-order valence-electron chi connectivity index (χ1n) is 15.8. The Morgan fingerprint density at radius 1 is 0.533 bits per heavy atom. The molecule has 2 unspecified atom stereocenters. The number of anilines is 4. The van der Waals surface area contributed by atoms with Gasteiger partial charge < -0.3 is 10.2 Å². The summed E-state index contributed by atoms with van der Waals surface area (Å²) in [6.07, 6.45) is 4.93. The van der Waals surface area contributed by atoms with E-state index in [1.165, 1.54) is 67.0 Å². The monoisotopic (exact) mass is 576 g/mol. The second-order valence-electron chi connectivity index (χ2n) is 12.3. The van der Waals surface area contributed by atoms with Gasteiger partial charge >= 0.3 is 0 Å². The van der Waals surface area contributed by atoms with Crippen LogP contribution in [0.1, 0.15) is 18.1 Å². The second-order valence-corrected chi connectivity index (χ2v) is 12.3. The van der Waals surface area contributed by atoms with Crippen molar-refractivity contribution < 1.29 is 0 Å². The fourth-order valence-corrected chi connectivity index (χ4v) is 7.66. The molecule has 1 N–H and O–H groups in total. The van der Waals surface area contributed by atoms with Gasteiger partial charge in [-0.05, 0) is 75.7 Å². The highest BCUT2D eigenvalue weighted by atomic mass is 15.2. The summed E-state index contributed by atoms with van der Waals surface area (Å²) in [6, 6.07) is 52.9. The van der Waals surface area contributed by atoms with Crippen molar-refractivity contribution in [2.24, 2.45) is 5.92 Å². The maximum Gasteiger partial charge on any atom is 0.0659 e. The molecule has 2 heterocycles. The molecule has 214 valence electrons. The number of nitrogens with one attached hydrogen (secondary N) is 1. The van der Waals surface area contributed by atoms with E-state index in [4.69, 9.17) is 0 Å². The van der Waals surface area contributed by atoms with E-state index in [0.29, 0.717) is 5.92 Å². The van der Waals surface area contributed by atoms with Gasteiger partial charge in [-0.3, -0.25) is 0 Å². The molecule has 0 saturated heterocycles. The summed E-state index contributed by atoms with van der Waals surface area (Å²) in [4.78, 5) is 2.63. The summed E-state index contributed by atoms with van der Waals surface area (Å²) in [5.74, 6) is 0.310. The minimum atomic E-state index is 0.236. The van der Waals surface area contributed by atoms with Gasteiger partial charge in [0.25, 0.3) is 0 Å². The SMILES string of the molecule is CC1C=C(c2cccc(-c3ccccc3Nc3ccccc3)c2)C=C2c3cccc4c3N(c3ccccc3-c3ccccc3-4)C21. The van der Waals surface area contributed by atoms with Crippen molar-refractivity contribution in [1.82, 2.24) is 0 Å². The molecule has 0 spiro atoms. The number of benzene rings is 6. The van der Waals surface area contributed by atoms with E-state index >= 15 is 0 Å². The highest BCUT2D eigenvalue weighted by Crippen LogP contribution is 2.58. The van der Waals surface area contributed by atoms with E-state index in [0.717, 1.165) is 11.4 Å². The van der Waals surface area contributed by atoms with Gasteiger partial charge in [0.2, 0.25) is 0 Å². The Kier molecular flexibility index (Phi) is 5.89. The Labute approximate surface area is 264 Å². The summed E-state index contributed by atoms with van der Waals surface area (Å²) in [5, 5.41) is 3.63. The zero-order chi connectivity index (χ0) is 29.9. The minimum absolute atomic E-state index is 0.236. The van der Waals surface area contributed by atoms with Crippen LogP contribution in [-0.2, 0) is 0 Å². The summed E-state index contributed by atoms with van der Waals surface area (Å²) in [6.45, 7) is 2.38. The van der Waals surface area contributed by atoms with Crippen LogP contribution in [-0.4, -0.2) is 6.04 Å². The standard InChI is InChI=1S/C43H32N2/c1-28-25-31(29-13-11-14-30(26-29)33-17-7-9-23-40(33)44-32-15-3-2-4-16-32)27-39-38-22-12-21-37-35-19-6-5-18-34(35)36-20-8-10-24-41(36)45(42(28)39)43(37)38/h2-28,42,44H,1H3. The number of hydrogen-bond acceptors (Lipinski definition) is 2. The van der Waals surface area contributed by atoms with Gasteiger partial charge in [-0.2, -0.15) is 0 Å². The van der Waals surface area contributed by atoms with E-state index in [9.17, 15) is 0 Å². The fraction of sp³-hybridized carbons (Fsp3) is 0.0698. The van der Waals surface area contributed by atoms with Crippen molar-refractivity contribution in [3.63, 3.8) is 0 Å². The topological polar surface area (TPSA) is 15.3 Å². The summed E-state index contributed by atoms with van der Waals surface area (Å²) < 4.78 is 0. The van der Waals surface area contributed by atoms with E-state index in [2.05, 4.69) is 169 Å². The van der Waals surface area contributed by atoms with Gasteiger partial charge in [-0.1, -0.05) is 128 Å². The normalized spacial score (nSPS) is 17.2. The summed E-state index contributed by atoms with van der Waals surface area (Å²) >= 11 is 0. The first kappa shape index (κ1) is 25.9. The molecule has 3 aliphatic rings. The van der Waals surface area contributed by atoms with Crippen LogP contribution in [0.2, 0.25) is 0 Å². The van der Waals surface area contributed by atoms with Crippen LogP contribution in [0.25, 0.3) is 44.5 Å². The Morgan fingerprint density at radius 2 is 1.16 bits per heavy atom. The van der Waals surface area contributed by atoms with Crippen molar-refractivity contribution in [3.8, 4) is 33.4 Å². The van der Waals surface area contributed by atoms with E-state index in [-0.39, 0.29) is 6.04 Å². The maximum absolute atomic E-state index is 3.63. The number of para-hydroxylation sites is 4. The lowest BCUT2D eigenvalue weighted by atomic mass is 9.82. The zero-order valence-corrected chi connectivity index (χ0v) is 25.1. The van der Waals surface area contributed by atoms with Crippen molar-refractivity contribution in [1.29, 1.82) is 0 Å².